The highest BCUT2D eigenvalue weighted by atomic mass is 35.5. The van der Waals surface area contributed by atoms with Crippen LogP contribution in [0.25, 0.3) is 11.2 Å². The molecule has 0 fully saturated rings. The Morgan fingerprint density at radius 3 is 2.62 bits per heavy atom. The van der Waals surface area contributed by atoms with Gasteiger partial charge in [-0.05, 0) is 5.56 Å². The molecule has 6 nitrogen and oxygen atoms in total. The standard InChI is InChI=1S/C14H13ClN4O2/c1-18-12-11(13(20)17-14(18)21)19(10(7-15)16-12)8-9-5-3-2-4-6-9/h2-6H,7-8H2,1H3,(H,17,20,21). The zero-order chi connectivity index (χ0) is 15.0. The zero-order valence-corrected chi connectivity index (χ0v) is 12.1. The van der Waals surface area contributed by atoms with Crippen LogP contribution in [0, 0.1) is 0 Å². The maximum atomic E-state index is 12.1. The Labute approximate surface area is 124 Å². The normalized spacial score (nSPS) is 11.1. The second kappa shape index (κ2) is 5.21. The predicted molar refractivity (Wildman–Crippen MR) is 80.7 cm³/mol. The number of rotatable bonds is 3. The van der Waals surface area contributed by atoms with Crippen LogP contribution in [0.5, 0.6) is 0 Å². The third-order valence-corrected chi connectivity index (χ3v) is 3.63. The van der Waals surface area contributed by atoms with Crippen molar-refractivity contribution in [3.05, 3.63) is 62.6 Å². The zero-order valence-electron chi connectivity index (χ0n) is 11.3. The van der Waals surface area contributed by atoms with Crippen molar-refractivity contribution in [2.75, 3.05) is 0 Å². The van der Waals surface area contributed by atoms with Gasteiger partial charge < -0.3 is 4.57 Å². The van der Waals surface area contributed by atoms with Crippen molar-refractivity contribution in [1.82, 2.24) is 19.1 Å². The molecule has 0 aliphatic heterocycles. The fourth-order valence-corrected chi connectivity index (χ4v) is 2.52. The topological polar surface area (TPSA) is 72.7 Å². The molecule has 0 saturated carbocycles. The van der Waals surface area contributed by atoms with E-state index >= 15 is 0 Å². The van der Waals surface area contributed by atoms with Gasteiger partial charge in [-0.1, -0.05) is 30.3 Å². The number of halogens is 1. The molecule has 0 aliphatic rings. The first-order valence-corrected chi connectivity index (χ1v) is 6.93. The molecular weight excluding hydrogens is 292 g/mol. The number of aromatic nitrogens is 4. The number of H-pyrrole nitrogens is 1. The summed E-state index contributed by atoms with van der Waals surface area (Å²) in [6.45, 7) is 0.473. The number of aromatic amines is 1. The number of benzene rings is 1. The molecule has 0 unspecified atom stereocenters. The van der Waals surface area contributed by atoms with E-state index in [1.807, 2.05) is 30.3 Å². The van der Waals surface area contributed by atoms with E-state index in [2.05, 4.69) is 9.97 Å². The third-order valence-electron chi connectivity index (χ3n) is 3.39. The minimum absolute atomic E-state index is 0.162. The van der Waals surface area contributed by atoms with Crippen molar-refractivity contribution in [3.63, 3.8) is 0 Å². The number of alkyl halides is 1. The number of aryl methyl sites for hydroxylation is 1. The van der Waals surface area contributed by atoms with Gasteiger partial charge in [0, 0.05) is 13.6 Å². The Morgan fingerprint density at radius 2 is 1.95 bits per heavy atom. The Bertz CT molecular complexity index is 908. The van der Waals surface area contributed by atoms with Gasteiger partial charge in [0.2, 0.25) is 0 Å². The maximum absolute atomic E-state index is 12.1. The summed E-state index contributed by atoms with van der Waals surface area (Å²) in [4.78, 5) is 30.4. The molecule has 0 bridgehead atoms. The van der Waals surface area contributed by atoms with Crippen LogP contribution in [0.1, 0.15) is 11.4 Å². The lowest BCUT2D eigenvalue weighted by atomic mass is 10.2. The fourth-order valence-electron chi connectivity index (χ4n) is 2.32. The van der Waals surface area contributed by atoms with Crippen LogP contribution in [0.4, 0.5) is 0 Å². The van der Waals surface area contributed by atoms with Gasteiger partial charge in [-0.2, -0.15) is 0 Å². The van der Waals surface area contributed by atoms with E-state index in [0.29, 0.717) is 23.5 Å². The summed E-state index contributed by atoms with van der Waals surface area (Å²) in [6.07, 6.45) is 0. The van der Waals surface area contributed by atoms with E-state index in [1.54, 1.807) is 11.6 Å². The van der Waals surface area contributed by atoms with Gasteiger partial charge in [-0.15, -0.1) is 11.6 Å². The number of imidazole rings is 1. The highest BCUT2D eigenvalue weighted by molar-refractivity contribution is 6.16. The highest BCUT2D eigenvalue weighted by Crippen LogP contribution is 2.15. The molecule has 1 N–H and O–H groups in total. The van der Waals surface area contributed by atoms with E-state index in [9.17, 15) is 9.59 Å². The molecule has 2 aromatic heterocycles. The molecule has 21 heavy (non-hydrogen) atoms. The first-order valence-electron chi connectivity index (χ1n) is 6.40. The predicted octanol–water partition coefficient (Wildman–Crippen LogP) is 1.21. The van der Waals surface area contributed by atoms with E-state index in [4.69, 9.17) is 11.6 Å². The first-order chi connectivity index (χ1) is 10.1. The lowest BCUT2D eigenvalue weighted by molar-refractivity contribution is 0.773. The van der Waals surface area contributed by atoms with Gasteiger partial charge in [0.15, 0.2) is 11.2 Å². The Hall–Kier alpha value is -2.34. The molecule has 0 atom stereocenters. The van der Waals surface area contributed by atoms with Crippen LogP contribution < -0.4 is 11.2 Å². The van der Waals surface area contributed by atoms with Gasteiger partial charge in [0.25, 0.3) is 5.56 Å². The van der Waals surface area contributed by atoms with Crippen LogP contribution in [0.15, 0.2) is 39.9 Å². The number of hydrogen-bond donors (Lipinski definition) is 1. The molecule has 3 rings (SSSR count). The molecule has 0 aliphatic carbocycles. The Kier molecular flexibility index (Phi) is 3.39. The molecule has 0 amide bonds. The quantitative estimate of drug-likeness (QED) is 0.739. The highest BCUT2D eigenvalue weighted by Gasteiger charge is 2.16. The smallest absolute Gasteiger partial charge is 0.317 e. The van der Waals surface area contributed by atoms with E-state index < -0.39 is 11.2 Å². The molecule has 1 aromatic carbocycles. The monoisotopic (exact) mass is 304 g/mol. The lowest BCUT2D eigenvalue weighted by Crippen LogP contribution is -2.29. The van der Waals surface area contributed by atoms with Gasteiger partial charge in [-0.3, -0.25) is 14.3 Å². The van der Waals surface area contributed by atoms with E-state index in [0.717, 1.165) is 5.56 Å². The molecule has 7 heteroatoms. The third kappa shape index (κ3) is 2.27. The van der Waals surface area contributed by atoms with E-state index in [1.165, 1.54) is 4.57 Å². The average Bonchev–Trinajstić information content (AvgIpc) is 2.85. The van der Waals surface area contributed by atoms with Crippen molar-refractivity contribution in [1.29, 1.82) is 0 Å². The largest absolute Gasteiger partial charge is 0.329 e. The van der Waals surface area contributed by atoms with Crippen LogP contribution in [-0.2, 0) is 19.5 Å². The summed E-state index contributed by atoms with van der Waals surface area (Å²) < 4.78 is 3.06. The molecule has 3 aromatic rings. The van der Waals surface area contributed by atoms with Crippen molar-refractivity contribution in [3.8, 4) is 0 Å². The molecule has 0 radical (unpaired) electrons. The van der Waals surface area contributed by atoms with E-state index in [-0.39, 0.29) is 5.88 Å². The summed E-state index contributed by atoms with van der Waals surface area (Å²) in [6, 6.07) is 9.69. The molecule has 0 saturated heterocycles. The van der Waals surface area contributed by atoms with Gasteiger partial charge in [0.1, 0.15) is 5.82 Å². The average molecular weight is 305 g/mol. The van der Waals surface area contributed by atoms with Gasteiger partial charge in [-0.25, -0.2) is 9.78 Å². The molecule has 108 valence electrons. The summed E-state index contributed by atoms with van der Waals surface area (Å²) in [5.74, 6) is 0.719. The maximum Gasteiger partial charge on any atom is 0.329 e. The number of nitrogens with one attached hydrogen (secondary N) is 1. The Morgan fingerprint density at radius 1 is 1.24 bits per heavy atom. The van der Waals surface area contributed by atoms with Crippen LogP contribution in [-0.4, -0.2) is 19.1 Å². The first kappa shape index (κ1) is 13.6. The number of fused-ring (bicyclic) bond motifs is 1. The summed E-state index contributed by atoms with van der Waals surface area (Å²) in [5.41, 5.74) is 0.786. The van der Waals surface area contributed by atoms with Crippen LogP contribution in [0.3, 0.4) is 0 Å². The molecule has 0 spiro atoms. The molecular formula is C14H13ClN4O2. The summed E-state index contributed by atoms with van der Waals surface area (Å²) in [5, 5.41) is 0. The number of nitrogens with zero attached hydrogens (tertiary/aromatic N) is 3. The summed E-state index contributed by atoms with van der Waals surface area (Å²) in [7, 11) is 1.57. The van der Waals surface area contributed by atoms with Crippen molar-refractivity contribution < 1.29 is 0 Å². The van der Waals surface area contributed by atoms with Crippen LogP contribution in [0.2, 0.25) is 0 Å². The Balaban J connectivity index is 2.28. The second-order valence-corrected chi connectivity index (χ2v) is 4.99. The minimum Gasteiger partial charge on any atom is -0.317 e. The fraction of sp³-hybridized carbons (Fsp3) is 0.214. The van der Waals surface area contributed by atoms with Crippen molar-refractivity contribution in [2.45, 2.75) is 12.4 Å². The number of hydrogen-bond acceptors (Lipinski definition) is 3. The lowest BCUT2D eigenvalue weighted by Gasteiger charge is -2.07. The molecule has 2 heterocycles. The minimum atomic E-state index is -0.488. The van der Waals surface area contributed by atoms with Crippen molar-refractivity contribution >= 4 is 22.8 Å². The second-order valence-electron chi connectivity index (χ2n) is 4.72. The summed E-state index contributed by atoms with van der Waals surface area (Å²) >= 11 is 5.93. The SMILES string of the molecule is Cn1c(=O)[nH]c(=O)c2c1nc(CCl)n2Cc1ccccc1. The van der Waals surface area contributed by atoms with Gasteiger partial charge in [0.05, 0.1) is 5.88 Å². The van der Waals surface area contributed by atoms with Crippen molar-refractivity contribution in [2.24, 2.45) is 7.05 Å². The van der Waals surface area contributed by atoms with Gasteiger partial charge >= 0.3 is 5.69 Å². The van der Waals surface area contributed by atoms with Crippen LogP contribution >= 0.6 is 11.6 Å².